The number of hydrogen-bond acceptors (Lipinski definition) is 4. The molecular weight excluding hydrogens is 522 g/mol. The third-order valence-electron chi connectivity index (χ3n) is 8.69. The molecule has 2 atom stereocenters. The van der Waals surface area contributed by atoms with E-state index in [4.69, 9.17) is 4.74 Å². The average Bonchev–Trinajstić information content (AvgIpc) is 2.99. The summed E-state index contributed by atoms with van der Waals surface area (Å²) in [5.74, 6) is -0.258. The zero-order valence-electron chi connectivity index (χ0n) is 28.7. The van der Waals surface area contributed by atoms with Crippen LogP contribution in [0.2, 0.25) is 0 Å². The predicted molar refractivity (Wildman–Crippen MR) is 181 cm³/mol. The van der Waals surface area contributed by atoms with Gasteiger partial charge in [0.05, 0.1) is 12.7 Å². The first-order valence-corrected chi connectivity index (χ1v) is 18.8. The second kappa shape index (κ2) is 33.2. The predicted octanol–water partition coefficient (Wildman–Crippen LogP) is 10.1. The SMILES string of the molecule is CCCCCCCCCCCCCCCCOCC(O)CN(CC)C(=O)C(O)CCCCCCCCCCCCCC. The summed E-state index contributed by atoms with van der Waals surface area (Å²) in [5.41, 5.74) is 0. The van der Waals surface area contributed by atoms with Crippen LogP contribution in [-0.2, 0) is 9.53 Å². The molecule has 0 bridgehead atoms. The quantitative estimate of drug-likeness (QED) is 0.0724. The minimum atomic E-state index is -0.961. The molecule has 1 amide bonds. The summed E-state index contributed by atoms with van der Waals surface area (Å²) in [6.07, 6.45) is 32.8. The molecule has 5 heteroatoms. The Bertz CT molecular complexity index is 544. The van der Waals surface area contributed by atoms with Gasteiger partial charge in [0.1, 0.15) is 6.10 Å². The van der Waals surface area contributed by atoms with Gasteiger partial charge in [0.25, 0.3) is 5.91 Å². The highest BCUT2D eigenvalue weighted by Gasteiger charge is 2.22. The molecule has 5 nitrogen and oxygen atoms in total. The van der Waals surface area contributed by atoms with Crippen LogP contribution >= 0.6 is 0 Å². The number of unbranched alkanes of at least 4 members (excludes halogenated alkanes) is 24. The number of nitrogens with zero attached hydrogens (tertiary/aromatic N) is 1. The Morgan fingerprint density at radius 2 is 0.905 bits per heavy atom. The number of amides is 1. The van der Waals surface area contributed by atoms with E-state index in [-0.39, 0.29) is 19.1 Å². The van der Waals surface area contributed by atoms with Gasteiger partial charge in [0.2, 0.25) is 0 Å². The van der Waals surface area contributed by atoms with Crippen LogP contribution in [0.15, 0.2) is 0 Å². The maximum absolute atomic E-state index is 12.7. The van der Waals surface area contributed by atoms with Crippen molar-refractivity contribution in [3.05, 3.63) is 0 Å². The summed E-state index contributed by atoms with van der Waals surface area (Å²) in [4.78, 5) is 14.3. The first-order chi connectivity index (χ1) is 20.6. The largest absolute Gasteiger partial charge is 0.389 e. The molecule has 0 aromatic rings. The number of rotatable bonds is 34. The Morgan fingerprint density at radius 1 is 0.548 bits per heavy atom. The van der Waals surface area contributed by atoms with Gasteiger partial charge in [-0.25, -0.2) is 0 Å². The van der Waals surface area contributed by atoms with Gasteiger partial charge in [-0.3, -0.25) is 4.79 Å². The molecule has 0 saturated heterocycles. The van der Waals surface area contributed by atoms with Gasteiger partial charge in [0.15, 0.2) is 0 Å². The molecule has 0 aliphatic heterocycles. The maximum atomic E-state index is 12.7. The Labute approximate surface area is 263 Å². The number of likely N-dealkylation sites (N-methyl/N-ethyl adjacent to an activating group) is 1. The molecule has 0 fully saturated rings. The van der Waals surface area contributed by atoms with Crippen LogP contribution < -0.4 is 0 Å². The van der Waals surface area contributed by atoms with Gasteiger partial charge >= 0.3 is 0 Å². The molecule has 0 aromatic heterocycles. The van der Waals surface area contributed by atoms with Crippen LogP contribution in [0.4, 0.5) is 0 Å². The fraction of sp³-hybridized carbons (Fsp3) is 0.973. The van der Waals surface area contributed by atoms with Crippen LogP contribution in [0.25, 0.3) is 0 Å². The minimum absolute atomic E-state index is 0.226. The van der Waals surface area contributed by atoms with E-state index in [0.29, 0.717) is 19.6 Å². The standard InChI is InChI=1S/C37H75NO4/c1-4-7-9-11-13-15-17-19-20-22-24-26-28-30-32-42-34-35(39)33-38(6-3)37(41)36(40)31-29-27-25-23-21-18-16-14-12-10-8-5-2/h35-36,39-40H,4-34H2,1-3H3. The zero-order valence-corrected chi connectivity index (χ0v) is 28.7. The molecule has 252 valence electrons. The van der Waals surface area contributed by atoms with Crippen LogP contribution in [0.3, 0.4) is 0 Å². The van der Waals surface area contributed by atoms with Gasteiger partial charge < -0.3 is 19.8 Å². The fourth-order valence-corrected chi connectivity index (χ4v) is 5.81. The highest BCUT2D eigenvalue weighted by molar-refractivity contribution is 5.80. The Kier molecular flexibility index (Phi) is 32.7. The van der Waals surface area contributed by atoms with Crippen LogP contribution in [-0.4, -0.2) is 59.5 Å². The first kappa shape index (κ1) is 41.4. The highest BCUT2D eigenvalue weighted by Crippen LogP contribution is 2.15. The molecule has 0 radical (unpaired) electrons. The van der Waals surface area contributed by atoms with E-state index >= 15 is 0 Å². The summed E-state index contributed by atoms with van der Waals surface area (Å²) in [7, 11) is 0. The van der Waals surface area contributed by atoms with Crippen molar-refractivity contribution >= 4 is 5.91 Å². The monoisotopic (exact) mass is 598 g/mol. The van der Waals surface area contributed by atoms with Crippen molar-refractivity contribution in [2.24, 2.45) is 0 Å². The second-order valence-corrected chi connectivity index (χ2v) is 12.9. The zero-order chi connectivity index (χ0) is 30.9. The first-order valence-electron chi connectivity index (χ1n) is 18.8. The summed E-state index contributed by atoms with van der Waals surface area (Å²) in [6, 6.07) is 0. The number of aliphatic hydroxyl groups is 2. The molecule has 0 saturated carbocycles. The van der Waals surface area contributed by atoms with E-state index in [0.717, 1.165) is 19.3 Å². The molecule has 0 spiro atoms. The second-order valence-electron chi connectivity index (χ2n) is 12.9. The lowest BCUT2D eigenvalue weighted by Crippen LogP contribution is -2.44. The van der Waals surface area contributed by atoms with E-state index in [1.54, 1.807) is 4.90 Å². The molecule has 2 unspecified atom stereocenters. The molecule has 0 heterocycles. The number of carbonyl (C=O) groups excluding carboxylic acids is 1. The lowest BCUT2D eigenvalue weighted by atomic mass is 10.0. The van der Waals surface area contributed by atoms with Gasteiger partial charge in [-0.05, 0) is 19.8 Å². The number of carbonyl (C=O) groups is 1. The van der Waals surface area contributed by atoms with Gasteiger partial charge in [-0.15, -0.1) is 0 Å². The summed E-state index contributed by atoms with van der Waals surface area (Å²) < 4.78 is 5.69. The van der Waals surface area contributed by atoms with Crippen molar-refractivity contribution in [2.75, 3.05) is 26.3 Å². The summed E-state index contributed by atoms with van der Waals surface area (Å²) >= 11 is 0. The van der Waals surface area contributed by atoms with Crippen LogP contribution in [0, 0.1) is 0 Å². The number of hydrogen-bond donors (Lipinski definition) is 2. The van der Waals surface area contributed by atoms with Gasteiger partial charge in [0, 0.05) is 19.7 Å². The highest BCUT2D eigenvalue weighted by atomic mass is 16.5. The summed E-state index contributed by atoms with van der Waals surface area (Å²) in [5, 5.41) is 20.8. The Balaban J connectivity index is 3.64. The van der Waals surface area contributed by atoms with E-state index in [1.807, 2.05) is 6.92 Å². The topological polar surface area (TPSA) is 70.0 Å². The number of aliphatic hydroxyl groups excluding tert-OH is 2. The van der Waals surface area contributed by atoms with Crippen LogP contribution in [0.1, 0.15) is 194 Å². The Hall–Kier alpha value is -0.650. The van der Waals surface area contributed by atoms with E-state index in [9.17, 15) is 15.0 Å². The van der Waals surface area contributed by atoms with E-state index < -0.39 is 12.2 Å². The average molecular weight is 598 g/mol. The van der Waals surface area contributed by atoms with E-state index in [1.165, 1.54) is 148 Å². The van der Waals surface area contributed by atoms with Gasteiger partial charge in [-0.2, -0.15) is 0 Å². The smallest absolute Gasteiger partial charge is 0.251 e. The van der Waals surface area contributed by atoms with Crippen molar-refractivity contribution in [3.8, 4) is 0 Å². The van der Waals surface area contributed by atoms with E-state index in [2.05, 4.69) is 13.8 Å². The fourth-order valence-electron chi connectivity index (χ4n) is 5.81. The third-order valence-corrected chi connectivity index (χ3v) is 8.69. The molecule has 0 aromatic carbocycles. The minimum Gasteiger partial charge on any atom is -0.389 e. The Morgan fingerprint density at radius 3 is 1.29 bits per heavy atom. The molecule has 0 rings (SSSR count). The molecule has 42 heavy (non-hydrogen) atoms. The normalized spacial score (nSPS) is 13.0. The van der Waals surface area contributed by atoms with Crippen molar-refractivity contribution < 1.29 is 19.7 Å². The summed E-state index contributed by atoms with van der Waals surface area (Å²) in [6.45, 7) is 8.06. The van der Waals surface area contributed by atoms with Crippen molar-refractivity contribution in [1.82, 2.24) is 4.90 Å². The molecule has 2 N–H and O–H groups in total. The lowest BCUT2D eigenvalue weighted by molar-refractivity contribution is -0.142. The molecule has 0 aliphatic rings. The van der Waals surface area contributed by atoms with Gasteiger partial charge in [-0.1, -0.05) is 174 Å². The van der Waals surface area contributed by atoms with Crippen LogP contribution in [0.5, 0.6) is 0 Å². The lowest BCUT2D eigenvalue weighted by Gasteiger charge is -2.26. The van der Waals surface area contributed by atoms with Crippen molar-refractivity contribution in [1.29, 1.82) is 0 Å². The maximum Gasteiger partial charge on any atom is 0.251 e. The van der Waals surface area contributed by atoms with Crippen molar-refractivity contribution in [2.45, 2.75) is 206 Å². The molecule has 0 aliphatic carbocycles. The third kappa shape index (κ3) is 28.1. The molecular formula is C37H75NO4. The number of ether oxygens (including phenoxy) is 1. The van der Waals surface area contributed by atoms with Crippen molar-refractivity contribution in [3.63, 3.8) is 0 Å².